The standard InChI is InChI=1S/C20H13F3N4O6S3/c21-20(22,23)36(32,33)13-5-3-12(4-6-13)27-17(28)11-26(19(27)29)18(25-35(30)31)14-7-8-24-10-15(14)16-2-1-9-34-16/h1-10,18H,11H2. The van der Waals surface area contributed by atoms with Crippen LogP contribution in [-0.4, -0.2) is 50.7 Å². The van der Waals surface area contributed by atoms with Crippen molar-refractivity contribution in [2.75, 3.05) is 11.4 Å². The average molecular weight is 559 g/mol. The summed E-state index contributed by atoms with van der Waals surface area (Å²) in [4.78, 5) is 31.1. The fourth-order valence-electron chi connectivity index (χ4n) is 3.50. The van der Waals surface area contributed by atoms with E-state index in [0.29, 0.717) is 27.5 Å². The molecule has 3 heterocycles. The van der Waals surface area contributed by atoms with Gasteiger partial charge in [-0.1, -0.05) is 6.07 Å². The minimum Gasteiger partial charge on any atom is -0.287 e. The van der Waals surface area contributed by atoms with Crippen LogP contribution in [0.5, 0.6) is 0 Å². The van der Waals surface area contributed by atoms with Gasteiger partial charge in [0.25, 0.3) is 15.7 Å². The average Bonchev–Trinajstić information content (AvgIpc) is 3.45. The van der Waals surface area contributed by atoms with Gasteiger partial charge in [-0.25, -0.2) is 18.1 Å². The number of aromatic nitrogens is 1. The predicted octanol–water partition coefficient (Wildman–Crippen LogP) is 3.63. The molecule has 188 valence electrons. The minimum atomic E-state index is -5.63. The number of nitrogens with zero attached hydrogens (tertiary/aromatic N) is 4. The van der Waals surface area contributed by atoms with Crippen LogP contribution in [0, 0.1) is 0 Å². The number of imide groups is 1. The predicted molar refractivity (Wildman–Crippen MR) is 121 cm³/mol. The van der Waals surface area contributed by atoms with Gasteiger partial charge in [0.2, 0.25) is 0 Å². The monoisotopic (exact) mass is 558 g/mol. The molecule has 1 aromatic carbocycles. The van der Waals surface area contributed by atoms with Gasteiger partial charge in [-0.05, 0) is 41.8 Å². The second kappa shape index (κ2) is 9.44. The molecule has 0 saturated carbocycles. The molecule has 1 unspecified atom stereocenters. The van der Waals surface area contributed by atoms with Crippen molar-refractivity contribution in [2.45, 2.75) is 16.6 Å². The minimum absolute atomic E-state index is 0.205. The molecular formula is C20H13F3N4O6S3. The Labute approximate surface area is 207 Å². The van der Waals surface area contributed by atoms with Gasteiger partial charge in [-0.15, -0.1) is 15.7 Å². The molecule has 2 aromatic heterocycles. The summed E-state index contributed by atoms with van der Waals surface area (Å²) in [6.07, 6.45) is 1.37. The number of pyridine rings is 1. The summed E-state index contributed by atoms with van der Waals surface area (Å²) in [6, 6.07) is 6.94. The summed E-state index contributed by atoms with van der Waals surface area (Å²) in [5.74, 6) is -0.824. The molecule has 4 rings (SSSR count). The summed E-state index contributed by atoms with van der Waals surface area (Å²) in [7, 11) is -8.62. The van der Waals surface area contributed by atoms with Crippen molar-refractivity contribution in [3.05, 3.63) is 65.8 Å². The molecule has 3 amide bonds. The molecule has 3 aromatic rings. The smallest absolute Gasteiger partial charge is 0.287 e. The molecule has 0 radical (unpaired) electrons. The van der Waals surface area contributed by atoms with E-state index in [1.165, 1.54) is 29.8 Å². The Hall–Kier alpha value is -3.63. The SMILES string of the molecule is O=C1CN(C(N=S(=O)=O)c2ccncc2-c2cccs2)C(=O)N1c1ccc(S(=O)(=O)C(F)(F)F)cc1. The summed E-state index contributed by atoms with van der Waals surface area (Å²) in [5, 5.41) is 1.78. The van der Waals surface area contributed by atoms with E-state index >= 15 is 0 Å². The van der Waals surface area contributed by atoms with Crippen molar-refractivity contribution >= 4 is 49.3 Å². The van der Waals surface area contributed by atoms with Crippen molar-refractivity contribution in [1.82, 2.24) is 9.88 Å². The fourth-order valence-corrected chi connectivity index (χ4v) is 5.41. The molecule has 0 bridgehead atoms. The number of alkyl halides is 3. The first-order valence-electron chi connectivity index (χ1n) is 9.75. The second-order valence-corrected chi connectivity index (χ2v) is 10.8. The van der Waals surface area contributed by atoms with Crippen molar-refractivity contribution in [1.29, 1.82) is 0 Å². The number of urea groups is 1. The lowest BCUT2D eigenvalue weighted by Crippen LogP contribution is -2.35. The Bertz CT molecular complexity index is 1560. The Morgan fingerprint density at radius 2 is 1.78 bits per heavy atom. The summed E-state index contributed by atoms with van der Waals surface area (Å²) < 4.78 is 88.3. The fraction of sp³-hybridized carbons (Fsp3) is 0.150. The highest BCUT2D eigenvalue weighted by Crippen LogP contribution is 2.37. The van der Waals surface area contributed by atoms with Crippen LogP contribution in [0.25, 0.3) is 10.4 Å². The van der Waals surface area contributed by atoms with Gasteiger partial charge in [0, 0.05) is 28.4 Å². The molecule has 16 heteroatoms. The number of carbonyl (C=O) groups excluding carboxylic acids is 2. The summed E-state index contributed by atoms with van der Waals surface area (Å²) in [6.45, 7) is -0.598. The highest BCUT2D eigenvalue weighted by atomic mass is 32.2. The highest BCUT2D eigenvalue weighted by Gasteiger charge is 2.47. The molecule has 0 spiro atoms. The second-order valence-electron chi connectivity index (χ2n) is 7.22. The topological polar surface area (TPSA) is 134 Å². The number of carbonyl (C=O) groups is 2. The lowest BCUT2D eigenvalue weighted by Gasteiger charge is -2.24. The Morgan fingerprint density at radius 1 is 1.08 bits per heavy atom. The molecule has 36 heavy (non-hydrogen) atoms. The van der Waals surface area contributed by atoms with Crippen LogP contribution < -0.4 is 4.90 Å². The third-order valence-electron chi connectivity index (χ3n) is 5.10. The van der Waals surface area contributed by atoms with E-state index in [-0.39, 0.29) is 11.3 Å². The van der Waals surface area contributed by atoms with Crippen molar-refractivity contribution < 1.29 is 39.6 Å². The van der Waals surface area contributed by atoms with Crippen LogP contribution in [0.2, 0.25) is 0 Å². The van der Waals surface area contributed by atoms with Crippen LogP contribution in [0.15, 0.2) is 69.5 Å². The van der Waals surface area contributed by atoms with Crippen LogP contribution >= 0.6 is 11.3 Å². The number of hydrogen-bond acceptors (Lipinski definition) is 9. The van der Waals surface area contributed by atoms with E-state index in [0.717, 1.165) is 17.0 Å². The molecule has 1 fully saturated rings. The zero-order valence-electron chi connectivity index (χ0n) is 17.7. The molecule has 10 nitrogen and oxygen atoms in total. The zero-order valence-corrected chi connectivity index (χ0v) is 20.1. The molecule has 1 atom stereocenters. The first-order chi connectivity index (χ1) is 16.9. The van der Waals surface area contributed by atoms with Crippen LogP contribution in [-0.2, 0) is 25.1 Å². The molecule has 1 aliphatic rings. The van der Waals surface area contributed by atoms with E-state index in [4.69, 9.17) is 0 Å². The van der Waals surface area contributed by atoms with Gasteiger partial charge < -0.3 is 0 Å². The lowest BCUT2D eigenvalue weighted by molar-refractivity contribution is -0.116. The van der Waals surface area contributed by atoms with Gasteiger partial charge >= 0.3 is 22.0 Å². The van der Waals surface area contributed by atoms with Gasteiger partial charge in [-0.3, -0.25) is 14.7 Å². The van der Waals surface area contributed by atoms with E-state index in [9.17, 15) is 39.6 Å². The molecule has 1 aliphatic heterocycles. The maximum absolute atomic E-state index is 13.2. The Balaban J connectivity index is 1.72. The number of halogens is 3. The van der Waals surface area contributed by atoms with E-state index in [2.05, 4.69) is 9.35 Å². The number of benzene rings is 1. The lowest BCUT2D eigenvalue weighted by atomic mass is 10.1. The number of hydrogen-bond donors (Lipinski definition) is 0. The third-order valence-corrected chi connectivity index (χ3v) is 7.88. The summed E-state index contributed by atoms with van der Waals surface area (Å²) >= 11 is 1.33. The number of rotatable bonds is 6. The van der Waals surface area contributed by atoms with Crippen molar-refractivity contribution in [2.24, 2.45) is 4.36 Å². The van der Waals surface area contributed by atoms with E-state index in [1.54, 1.807) is 17.5 Å². The maximum Gasteiger partial charge on any atom is 0.501 e. The number of anilines is 1. The number of amides is 3. The van der Waals surface area contributed by atoms with Crippen LogP contribution in [0.4, 0.5) is 23.7 Å². The van der Waals surface area contributed by atoms with Crippen LogP contribution in [0.3, 0.4) is 0 Å². The third kappa shape index (κ3) is 4.61. The van der Waals surface area contributed by atoms with E-state index in [1.807, 2.05) is 0 Å². The van der Waals surface area contributed by atoms with Gasteiger partial charge in [0.05, 0.1) is 10.6 Å². The zero-order chi connectivity index (χ0) is 26.3. The Kier molecular flexibility index (Phi) is 6.68. The largest absolute Gasteiger partial charge is 0.501 e. The molecule has 1 saturated heterocycles. The van der Waals surface area contributed by atoms with Gasteiger partial charge in [-0.2, -0.15) is 21.6 Å². The maximum atomic E-state index is 13.2. The number of sulfone groups is 1. The summed E-state index contributed by atoms with van der Waals surface area (Å²) in [5.41, 5.74) is -4.99. The Morgan fingerprint density at radius 3 is 2.36 bits per heavy atom. The van der Waals surface area contributed by atoms with Crippen molar-refractivity contribution in [3.63, 3.8) is 0 Å². The molecule has 0 N–H and O–H groups in total. The van der Waals surface area contributed by atoms with Gasteiger partial charge in [0.15, 0.2) is 6.17 Å². The molecular weight excluding hydrogens is 545 g/mol. The number of thiophene rings is 1. The first kappa shape index (κ1) is 25.5. The van der Waals surface area contributed by atoms with Crippen LogP contribution in [0.1, 0.15) is 11.7 Å². The van der Waals surface area contributed by atoms with Gasteiger partial charge in [0.1, 0.15) is 6.54 Å². The normalized spacial score (nSPS) is 15.3. The van der Waals surface area contributed by atoms with Crippen molar-refractivity contribution in [3.8, 4) is 10.4 Å². The van der Waals surface area contributed by atoms with E-state index < -0.39 is 55.4 Å². The first-order valence-corrected chi connectivity index (χ1v) is 13.1. The quantitative estimate of drug-likeness (QED) is 0.422. The molecule has 0 aliphatic carbocycles. The highest BCUT2D eigenvalue weighted by molar-refractivity contribution is 7.92.